The third kappa shape index (κ3) is 3.23. The highest BCUT2D eigenvalue weighted by atomic mass is 19.4. The van der Waals surface area contributed by atoms with Gasteiger partial charge in [0.1, 0.15) is 0 Å². The van der Waals surface area contributed by atoms with Gasteiger partial charge in [0.2, 0.25) is 0 Å². The topological polar surface area (TPSA) is 26.0 Å². The van der Waals surface area contributed by atoms with E-state index >= 15 is 0 Å². The minimum atomic E-state index is -4.22. The van der Waals surface area contributed by atoms with Crippen LogP contribution in [0.4, 0.5) is 13.2 Å². The van der Waals surface area contributed by atoms with Gasteiger partial charge >= 0.3 is 6.18 Å². The molecule has 0 radical (unpaired) electrons. The Hall–Kier alpha value is -1.03. The smallest absolute Gasteiger partial charge is 0.330 e. The lowest BCUT2D eigenvalue weighted by Gasteiger charge is -2.21. The van der Waals surface area contributed by atoms with Crippen molar-refractivity contribution in [3.63, 3.8) is 0 Å². The van der Waals surface area contributed by atoms with Crippen molar-refractivity contribution in [1.82, 2.24) is 0 Å². The van der Waals surface area contributed by atoms with Crippen LogP contribution >= 0.6 is 0 Å². The predicted octanol–water partition coefficient (Wildman–Crippen LogP) is 3.30. The zero-order valence-electron chi connectivity index (χ0n) is 9.43. The van der Waals surface area contributed by atoms with Gasteiger partial charge in [-0.3, -0.25) is 0 Å². The second-order valence-corrected chi connectivity index (χ2v) is 4.09. The highest BCUT2D eigenvalue weighted by molar-refractivity contribution is 5.31. The zero-order chi connectivity index (χ0) is 12.3. The lowest BCUT2D eigenvalue weighted by atomic mass is 9.92. The molecular formula is C12H16F3N. The summed E-state index contributed by atoms with van der Waals surface area (Å²) in [6.07, 6.45) is -4.29. The van der Waals surface area contributed by atoms with Crippen molar-refractivity contribution in [3.05, 3.63) is 34.9 Å². The van der Waals surface area contributed by atoms with Crippen LogP contribution in [0.1, 0.15) is 29.0 Å². The Labute approximate surface area is 93.5 Å². The van der Waals surface area contributed by atoms with E-state index in [0.717, 1.165) is 11.1 Å². The van der Waals surface area contributed by atoms with Crippen molar-refractivity contribution in [2.75, 3.05) is 6.54 Å². The Morgan fingerprint density at radius 1 is 1.12 bits per heavy atom. The third-order valence-corrected chi connectivity index (χ3v) is 2.50. The van der Waals surface area contributed by atoms with Gasteiger partial charge in [0.15, 0.2) is 0 Å². The standard InChI is InChI=1S/C12H16F3N/c1-8-5-9(2)7-10(6-8)11(3-4-16)12(13,14)15/h5-7,11H,3-4,16H2,1-2H3. The minimum absolute atomic E-state index is 0.0389. The Balaban J connectivity index is 3.10. The molecule has 0 saturated carbocycles. The molecule has 0 fully saturated rings. The van der Waals surface area contributed by atoms with E-state index in [0.29, 0.717) is 5.56 Å². The third-order valence-electron chi connectivity index (χ3n) is 2.50. The van der Waals surface area contributed by atoms with Crippen LogP contribution in [0.3, 0.4) is 0 Å². The summed E-state index contributed by atoms with van der Waals surface area (Å²) in [5, 5.41) is 0. The molecule has 1 aromatic rings. The van der Waals surface area contributed by atoms with Crippen molar-refractivity contribution in [1.29, 1.82) is 0 Å². The normalized spacial score (nSPS) is 13.9. The first-order chi connectivity index (χ1) is 7.34. The maximum Gasteiger partial charge on any atom is 0.395 e. The predicted molar refractivity (Wildman–Crippen MR) is 58.4 cm³/mol. The second kappa shape index (κ2) is 4.87. The van der Waals surface area contributed by atoms with Gasteiger partial charge in [-0.1, -0.05) is 29.3 Å². The van der Waals surface area contributed by atoms with E-state index in [9.17, 15) is 13.2 Å². The summed E-state index contributed by atoms with van der Waals surface area (Å²) in [6.45, 7) is 3.63. The molecule has 0 heterocycles. The van der Waals surface area contributed by atoms with Gasteiger partial charge in [-0.05, 0) is 32.4 Å². The molecular weight excluding hydrogens is 215 g/mol. The Morgan fingerprint density at radius 2 is 1.62 bits per heavy atom. The fraction of sp³-hybridized carbons (Fsp3) is 0.500. The van der Waals surface area contributed by atoms with Crippen LogP contribution in [0.5, 0.6) is 0 Å². The molecule has 90 valence electrons. The number of alkyl halides is 3. The molecule has 0 spiro atoms. The van der Waals surface area contributed by atoms with Crippen molar-refractivity contribution in [2.45, 2.75) is 32.4 Å². The molecule has 0 amide bonds. The van der Waals surface area contributed by atoms with Gasteiger partial charge in [-0.15, -0.1) is 0 Å². The average Bonchev–Trinajstić information content (AvgIpc) is 2.10. The maximum atomic E-state index is 12.8. The molecule has 1 rings (SSSR count). The van der Waals surface area contributed by atoms with Crippen LogP contribution in [0.15, 0.2) is 18.2 Å². The van der Waals surface area contributed by atoms with Crippen LogP contribution in [0.2, 0.25) is 0 Å². The number of aryl methyl sites for hydroxylation is 2. The summed E-state index contributed by atoms with van der Waals surface area (Å²) >= 11 is 0. The summed E-state index contributed by atoms with van der Waals surface area (Å²) in [4.78, 5) is 0. The largest absolute Gasteiger partial charge is 0.395 e. The highest BCUT2D eigenvalue weighted by Crippen LogP contribution is 2.37. The lowest BCUT2D eigenvalue weighted by molar-refractivity contribution is -0.151. The van der Waals surface area contributed by atoms with Gasteiger partial charge in [0, 0.05) is 0 Å². The van der Waals surface area contributed by atoms with Gasteiger partial charge in [-0.25, -0.2) is 0 Å². The van der Waals surface area contributed by atoms with Gasteiger partial charge in [0.25, 0.3) is 0 Å². The summed E-state index contributed by atoms with van der Waals surface area (Å²) < 4.78 is 38.4. The molecule has 0 aliphatic heterocycles. The molecule has 2 N–H and O–H groups in total. The zero-order valence-corrected chi connectivity index (χ0v) is 9.43. The van der Waals surface area contributed by atoms with E-state index in [1.54, 1.807) is 26.0 Å². The molecule has 16 heavy (non-hydrogen) atoms. The van der Waals surface area contributed by atoms with Crippen molar-refractivity contribution < 1.29 is 13.2 Å². The molecule has 1 nitrogen and oxygen atoms in total. The van der Waals surface area contributed by atoms with Crippen LogP contribution in [-0.2, 0) is 0 Å². The Kier molecular flexibility index (Phi) is 3.97. The number of hydrogen-bond donors (Lipinski definition) is 1. The lowest BCUT2D eigenvalue weighted by Crippen LogP contribution is -2.23. The second-order valence-electron chi connectivity index (χ2n) is 4.09. The van der Waals surface area contributed by atoms with E-state index in [4.69, 9.17) is 5.73 Å². The first-order valence-electron chi connectivity index (χ1n) is 5.19. The maximum absolute atomic E-state index is 12.8. The first kappa shape index (κ1) is 13.0. The molecule has 1 aromatic carbocycles. The molecule has 1 atom stereocenters. The summed E-state index contributed by atoms with van der Waals surface area (Å²) in [7, 11) is 0. The number of nitrogens with two attached hydrogens (primary N) is 1. The number of benzene rings is 1. The Bertz CT molecular complexity index is 338. The van der Waals surface area contributed by atoms with E-state index < -0.39 is 12.1 Å². The van der Waals surface area contributed by atoms with Gasteiger partial charge < -0.3 is 5.73 Å². The molecule has 0 saturated heterocycles. The van der Waals surface area contributed by atoms with E-state index in [2.05, 4.69) is 0 Å². The molecule has 1 unspecified atom stereocenters. The molecule has 4 heteroatoms. The fourth-order valence-electron chi connectivity index (χ4n) is 1.90. The van der Waals surface area contributed by atoms with Crippen LogP contribution < -0.4 is 5.73 Å². The summed E-state index contributed by atoms with van der Waals surface area (Å²) in [5.74, 6) is -1.45. The number of halogens is 3. The summed E-state index contributed by atoms with van der Waals surface area (Å²) in [5.41, 5.74) is 7.25. The SMILES string of the molecule is Cc1cc(C)cc(C(CCN)C(F)(F)F)c1. The van der Waals surface area contributed by atoms with Gasteiger partial charge in [-0.2, -0.15) is 13.2 Å². The highest BCUT2D eigenvalue weighted by Gasteiger charge is 2.39. The van der Waals surface area contributed by atoms with E-state index in [-0.39, 0.29) is 13.0 Å². The quantitative estimate of drug-likeness (QED) is 0.848. The molecule has 0 bridgehead atoms. The molecule has 0 aliphatic rings. The molecule has 0 aliphatic carbocycles. The number of hydrogen-bond acceptors (Lipinski definition) is 1. The Morgan fingerprint density at radius 3 is 2.00 bits per heavy atom. The van der Waals surface area contributed by atoms with Crippen LogP contribution in [0, 0.1) is 13.8 Å². The monoisotopic (exact) mass is 231 g/mol. The fourth-order valence-corrected chi connectivity index (χ4v) is 1.90. The average molecular weight is 231 g/mol. The minimum Gasteiger partial charge on any atom is -0.330 e. The molecule has 0 aromatic heterocycles. The number of rotatable bonds is 3. The van der Waals surface area contributed by atoms with Crippen molar-refractivity contribution >= 4 is 0 Å². The van der Waals surface area contributed by atoms with Crippen LogP contribution in [0.25, 0.3) is 0 Å². The van der Waals surface area contributed by atoms with Gasteiger partial charge in [0.05, 0.1) is 5.92 Å². The van der Waals surface area contributed by atoms with Crippen molar-refractivity contribution in [2.24, 2.45) is 5.73 Å². The van der Waals surface area contributed by atoms with Crippen LogP contribution in [-0.4, -0.2) is 12.7 Å². The summed E-state index contributed by atoms with van der Waals surface area (Å²) in [6, 6.07) is 5.03. The van der Waals surface area contributed by atoms with Crippen molar-refractivity contribution in [3.8, 4) is 0 Å². The van der Waals surface area contributed by atoms with E-state index in [1.165, 1.54) is 0 Å². The first-order valence-corrected chi connectivity index (χ1v) is 5.19. The van der Waals surface area contributed by atoms with E-state index in [1.807, 2.05) is 6.07 Å².